The molecule has 1 aromatic rings. The number of aromatic nitrogens is 3. The molecule has 1 saturated heterocycles. The lowest BCUT2D eigenvalue weighted by atomic mass is 10.2. The Morgan fingerprint density at radius 3 is 3.07 bits per heavy atom. The zero-order chi connectivity index (χ0) is 10.4. The normalized spacial score (nSPS) is 24.7. The summed E-state index contributed by atoms with van der Waals surface area (Å²) < 4.78 is 3.13. The van der Waals surface area contributed by atoms with Crippen LogP contribution < -0.4 is 0 Å². The number of thiol groups is 1. The Morgan fingerprint density at radius 1 is 1.53 bits per heavy atom. The second-order valence-electron chi connectivity index (χ2n) is 3.58. The van der Waals surface area contributed by atoms with Crippen LogP contribution in [-0.4, -0.2) is 49.4 Å². The van der Waals surface area contributed by atoms with Crippen LogP contribution in [0.3, 0.4) is 0 Å². The van der Waals surface area contributed by atoms with Gasteiger partial charge in [0.15, 0.2) is 0 Å². The molecule has 78 valence electrons. The first-order valence-electron chi connectivity index (χ1n) is 4.60. The van der Waals surface area contributed by atoms with E-state index in [1.807, 2.05) is 6.08 Å². The van der Waals surface area contributed by atoms with Gasteiger partial charge in [-0.15, -0.1) is 5.10 Å². The van der Waals surface area contributed by atoms with E-state index in [0.717, 1.165) is 5.70 Å². The fraction of sp³-hybridized carbons (Fsp3) is 0.375. The summed E-state index contributed by atoms with van der Waals surface area (Å²) in [6, 6.07) is -0.0107. The number of nitrogens with zero attached hydrogens (tertiary/aromatic N) is 5. The van der Waals surface area contributed by atoms with Gasteiger partial charge >= 0.3 is 6.03 Å². The van der Waals surface area contributed by atoms with Crippen LogP contribution in [0.15, 0.2) is 18.5 Å². The van der Waals surface area contributed by atoms with Gasteiger partial charge in [-0.05, 0) is 6.08 Å². The Hall–Kier alpha value is -1.50. The quantitative estimate of drug-likeness (QED) is 0.686. The highest BCUT2D eigenvalue weighted by atomic mass is 32.1. The number of hydrogen-bond donors (Lipinski definition) is 1. The third-order valence-corrected chi connectivity index (χ3v) is 3.11. The lowest BCUT2D eigenvalue weighted by Gasteiger charge is -2.20. The van der Waals surface area contributed by atoms with E-state index in [9.17, 15) is 4.79 Å². The van der Waals surface area contributed by atoms with Gasteiger partial charge in [-0.1, -0.05) is 18.0 Å². The fourth-order valence-electron chi connectivity index (χ4n) is 1.90. The van der Waals surface area contributed by atoms with E-state index < -0.39 is 0 Å². The molecule has 2 aliphatic heterocycles. The summed E-state index contributed by atoms with van der Waals surface area (Å²) in [4.78, 5) is 13.3. The number of hydrogen-bond acceptors (Lipinski definition) is 4. The Morgan fingerprint density at radius 2 is 2.40 bits per heavy atom. The highest BCUT2D eigenvalue weighted by Crippen LogP contribution is 2.26. The number of urea groups is 1. The van der Waals surface area contributed by atoms with Gasteiger partial charge in [0.1, 0.15) is 0 Å². The third kappa shape index (κ3) is 1.23. The molecule has 1 aromatic heterocycles. The van der Waals surface area contributed by atoms with Gasteiger partial charge in [0, 0.05) is 6.54 Å². The van der Waals surface area contributed by atoms with E-state index >= 15 is 0 Å². The van der Waals surface area contributed by atoms with E-state index in [4.69, 9.17) is 0 Å². The Balaban J connectivity index is 1.96. The van der Waals surface area contributed by atoms with Crippen LogP contribution in [0.4, 0.5) is 4.79 Å². The van der Waals surface area contributed by atoms with E-state index in [1.165, 1.54) is 4.31 Å². The van der Waals surface area contributed by atoms with Crippen LogP contribution in [0.2, 0.25) is 0 Å². The molecule has 2 amide bonds. The molecule has 7 heteroatoms. The first-order valence-corrected chi connectivity index (χ1v) is 5.00. The molecule has 0 unspecified atom stereocenters. The second-order valence-corrected chi connectivity index (χ2v) is 4.01. The molecule has 0 N–H and O–H groups in total. The average Bonchev–Trinajstić information content (AvgIpc) is 2.84. The van der Waals surface area contributed by atoms with E-state index in [0.29, 0.717) is 13.1 Å². The fourth-order valence-corrected chi connectivity index (χ4v) is 2.17. The van der Waals surface area contributed by atoms with Crippen LogP contribution >= 0.6 is 12.8 Å². The molecule has 2 bridgehead atoms. The van der Waals surface area contributed by atoms with Gasteiger partial charge in [-0.3, -0.25) is 4.31 Å². The SMILES string of the molecule is O=C1N2CC(n3ccnn3)=C[C@H](C2)N1S. The van der Waals surface area contributed by atoms with Crippen molar-refractivity contribution in [3.63, 3.8) is 0 Å². The molecule has 1 fully saturated rings. The zero-order valence-corrected chi connectivity index (χ0v) is 8.71. The lowest BCUT2D eigenvalue weighted by Crippen LogP contribution is -2.31. The topological polar surface area (TPSA) is 54.3 Å². The van der Waals surface area contributed by atoms with Crippen molar-refractivity contribution in [2.75, 3.05) is 13.1 Å². The summed E-state index contributed by atoms with van der Waals surface area (Å²) in [6.07, 6.45) is 5.39. The number of amides is 2. The summed E-state index contributed by atoms with van der Waals surface area (Å²) in [6.45, 7) is 1.27. The second kappa shape index (κ2) is 2.99. The summed E-state index contributed by atoms with van der Waals surface area (Å²) in [5.41, 5.74) is 0.966. The van der Waals surface area contributed by atoms with Crippen LogP contribution in [0.1, 0.15) is 0 Å². The maximum Gasteiger partial charge on any atom is 0.330 e. The van der Waals surface area contributed by atoms with Gasteiger partial charge in [0.25, 0.3) is 0 Å². The molecule has 0 radical (unpaired) electrons. The number of rotatable bonds is 1. The van der Waals surface area contributed by atoms with Crippen molar-refractivity contribution in [1.29, 1.82) is 0 Å². The number of carbonyl (C=O) groups is 1. The highest BCUT2D eigenvalue weighted by molar-refractivity contribution is 7.78. The van der Waals surface area contributed by atoms with Crippen molar-refractivity contribution in [2.45, 2.75) is 6.04 Å². The Bertz CT molecular complexity index is 428. The van der Waals surface area contributed by atoms with E-state index in [2.05, 4.69) is 23.1 Å². The van der Waals surface area contributed by atoms with E-state index in [1.54, 1.807) is 22.0 Å². The molecular formula is C8H9N5OS. The monoisotopic (exact) mass is 223 g/mol. The first-order chi connectivity index (χ1) is 7.25. The van der Waals surface area contributed by atoms with Gasteiger partial charge in [-0.2, -0.15) is 0 Å². The van der Waals surface area contributed by atoms with Crippen LogP contribution in [0.5, 0.6) is 0 Å². The van der Waals surface area contributed by atoms with Crippen molar-refractivity contribution in [1.82, 2.24) is 24.2 Å². The highest BCUT2D eigenvalue weighted by Gasteiger charge is 2.38. The van der Waals surface area contributed by atoms with Crippen molar-refractivity contribution in [3.8, 4) is 0 Å². The largest absolute Gasteiger partial charge is 0.330 e. The molecule has 15 heavy (non-hydrogen) atoms. The molecule has 0 saturated carbocycles. The van der Waals surface area contributed by atoms with Crippen LogP contribution in [-0.2, 0) is 0 Å². The van der Waals surface area contributed by atoms with E-state index in [-0.39, 0.29) is 12.1 Å². The summed E-state index contributed by atoms with van der Waals surface area (Å²) in [5, 5.41) is 7.65. The summed E-state index contributed by atoms with van der Waals surface area (Å²) >= 11 is 4.15. The van der Waals surface area contributed by atoms with Crippen molar-refractivity contribution in [2.24, 2.45) is 0 Å². The molecule has 1 atom stereocenters. The van der Waals surface area contributed by atoms with Gasteiger partial charge < -0.3 is 4.90 Å². The molecule has 6 nitrogen and oxygen atoms in total. The number of carbonyl (C=O) groups excluding carboxylic acids is 1. The minimum Gasteiger partial charge on any atom is -0.316 e. The number of fused-ring (bicyclic) bond motifs is 2. The lowest BCUT2D eigenvalue weighted by molar-refractivity contribution is 0.213. The smallest absolute Gasteiger partial charge is 0.316 e. The zero-order valence-electron chi connectivity index (χ0n) is 7.82. The summed E-state index contributed by atoms with van der Waals surface area (Å²) in [7, 11) is 0. The molecule has 3 rings (SSSR count). The first kappa shape index (κ1) is 8.78. The molecule has 2 aliphatic rings. The predicted octanol–water partition coefficient (Wildman–Crippen LogP) is 0.0836. The summed E-state index contributed by atoms with van der Waals surface area (Å²) in [5.74, 6) is 0. The predicted molar refractivity (Wildman–Crippen MR) is 55.9 cm³/mol. The van der Waals surface area contributed by atoms with Gasteiger partial charge in [-0.25, -0.2) is 9.48 Å². The third-order valence-electron chi connectivity index (χ3n) is 2.64. The minimum absolute atomic E-state index is 0.0359. The maximum atomic E-state index is 11.6. The van der Waals surface area contributed by atoms with Crippen molar-refractivity contribution >= 4 is 24.5 Å². The Kier molecular flexibility index (Phi) is 1.75. The van der Waals surface area contributed by atoms with Gasteiger partial charge in [0.05, 0.1) is 30.7 Å². The maximum absolute atomic E-state index is 11.6. The molecule has 3 heterocycles. The van der Waals surface area contributed by atoms with Crippen molar-refractivity contribution < 1.29 is 4.79 Å². The minimum atomic E-state index is -0.0466. The molecule has 0 spiro atoms. The van der Waals surface area contributed by atoms with Crippen LogP contribution in [0, 0.1) is 0 Å². The van der Waals surface area contributed by atoms with Crippen molar-refractivity contribution in [3.05, 3.63) is 18.5 Å². The van der Waals surface area contributed by atoms with Gasteiger partial charge in [0.2, 0.25) is 0 Å². The molecule has 0 aliphatic carbocycles. The molecule has 0 aromatic carbocycles. The molecular weight excluding hydrogens is 214 g/mol. The van der Waals surface area contributed by atoms with Crippen LogP contribution in [0.25, 0.3) is 5.70 Å². The average molecular weight is 223 g/mol. The standard InChI is InChI=1S/C8H9N5OS/c14-8-11-4-6(12-2-1-9-10-12)3-7(5-11)13(8)15/h1-3,7,15H,4-5H2/t7-/m1/s1. The Labute approximate surface area is 91.7 Å².